The minimum Gasteiger partial charge on any atom is -0.487 e. The van der Waals surface area contributed by atoms with Crippen LogP contribution in [0.1, 0.15) is 5.56 Å². The molecule has 0 radical (unpaired) electrons. The molecule has 0 aromatic heterocycles. The molecule has 0 saturated carbocycles. The van der Waals surface area contributed by atoms with Crippen LogP contribution in [0.15, 0.2) is 59.1 Å². The van der Waals surface area contributed by atoms with E-state index in [2.05, 4.69) is 45.1 Å². The lowest BCUT2D eigenvalue weighted by atomic mass is 10.1. The van der Waals surface area contributed by atoms with Crippen LogP contribution in [0.4, 0.5) is 4.79 Å². The molecule has 0 bridgehead atoms. The van der Waals surface area contributed by atoms with Gasteiger partial charge in [-0.05, 0) is 23.8 Å². The number of ether oxygens (including phenoxy) is 1. The minimum atomic E-state index is 0.0858. The average Bonchev–Trinajstić information content (AvgIpc) is 2.65. The summed E-state index contributed by atoms with van der Waals surface area (Å²) in [6.07, 6.45) is 0.0858. The number of halogens is 1. The number of urea groups is 1. The Morgan fingerprint density at radius 2 is 1.70 bits per heavy atom. The molecule has 2 heterocycles. The van der Waals surface area contributed by atoms with Crippen LogP contribution >= 0.6 is 15.9 Å². The highest BCUT2D eigenvalue weighted by Gasteiger charge is 2.35. The van der Waals surface area contributed by atoms with E-state index in [4.69, 9.17) is 4.74 Å². The van der Waals surface area contributed by atoms with E-state index in [0.717, 1.165) is 42.9 Å². The van der Waals surface area contributed by atoms with Crippen LogP contribution in [-0.4, -0.2) is 66.1 Å². The second kappa shape index (κ2) is 8.31. The van der Waals surface area contributed by atoms with Gasteiger partial charge in [-0.15, -0.1) is 0 Å². The van der Waals surface area contributed by atoms with Gasteiger partial charge in [-0.25, -0.2) is 4.79 Å². The van der Waals surface area contributed by atoms with Crippen molar-refractivity contribution < 1.29 is 9.53 Å². The molecular weight excluding hydrogens is 406 g/mol. The zero-order chi connectivity index (χ0) is 18.6. The topological polar surface area (TPSA) is 36.0 Å². The van der Waals surface area contributed by atoms with E-state index >= 15 is 0 Å². The first-order valence-electron chi connectivity index (χ1n) is 9.40. The van der Waals surface area contributed by atoms with Crippen LogP contribution in [0.25, 0.3) is 0 Å². The summed E-state index contributed by atoms with van der Waals surface area (Å²) in [4.78, 5) is 18.9. The summed E-state index contributed by atoms with van der Waals surface area (Å²) in [6, 6.07) is 18.5. The van der Waals surface area contributed by atoms with Crippen molar-refractivity contribution in [3.63, 3.8) is 0 Å². The number of amides is 2. The van der Waals surface area contributed by atoms with Crippen molar-refractivity contribution in [1.29, 1.82) is 0 Å². The third-order valence-corrected chi connectivity index (χ3v) is 5.60. The lowest BCUT2D eigenvalue weighted by molar-refractivity contribution is 0.0240. The van der Waals surface area contributed by atoms with E-state index in [1.807, 2.05) is 40.1 Å². The van der Waals surface area contributed by atoms with E-state index in [1.54, 1.807) is 0 Å². The van der Waals surface area contributed by atoms with Gasteiger partial charge < -0.3 is 14.5 Å². The predicted molar refractivity (Wildman–Crippen MR) is 109 cm³/mol. The van der Waals surface area contributed by atoms with E-state index < -0.39 is 0 Å². The molecular formula is C21H24BrN3O2. The molecule has 2 aliphatic rings. The maximum Gasteiger partial charge on any atom is 0.320 e. The zero-order valence-electron chi connectivity index (χ0n) is 15.3. The van der Waals surface area contributed by atoms with Crippen molar-refractivity contribution in [2.24, 2.45) is 0 Å². The first kappa shape index (κ1) is 18.3. The highest BCUT2D eigenvalue weighted by molar-refractivity contribution is 9.10. The SMILES string of the molecule is O=C(N1CCN(Cc2ccccc2)CC1)N1CC(Oc2cccc(Br)c2)C1. The molecule has 5 nitrogen and oxygen atoms in total. The molecule has 6 heteroatoms. The summed E-state index contributed by atoms with van der Waals surface area (Å²) in [7, 11) is 0. The number of likely N-dealkylation sites (tertiary alicyclic amines) is 1. The van der Waals surface area contributed by atoms with Crippen LogP contribution in [0.2, 0.25) is 0 Å². The van der Waals surface area contributed by atoms with Gasteiger partial charge >= 0.3 is 6.03 Å². The minimum absolute atomic E-state index is 0.0858. The van der Waals surface area contributed by atoms with E-state index in [9.17, 15) is 4.79 Å². The summed E-state index contributed by atoms with van der Waals surface area (Å²) in [5.41, 5.74) is 1.33. The maximum absolute atomic E-state index is 12.7. The molecule has 2 aromatic carbocycles. The monoisotopic (exact) mass is 429 g/mol. The molecule has 2 saturated heterocycles. The second-order valence-electron chi connectivity index (χ2n) is 7.13. The summed E-state index contributed by atoms with van der Waals surface area (Å²) in [5.74, 6) is 0.844. The third kappa shape index (κ3) is 4.62. The summed E-state index contributed by atoms with van der Waals surface area (Å²) in [6.45, 7) is 5.71. The highest BCUT2D eigenvalue weighted by atomic mass is 79.9. The molecule has 2 aliphatic heterocycles. The summed E-state index contributed by atoms with van der Waals surface area (Å²) >= 11 is 3.45. The Hall–Kier alpha value is -2.05. The van der Waals surface area contributed by atoms with Crippen molar-refractivity contribution >= 4 is 22.0 Å². The summed E-state index contributed by atoms with van der Waals surface area (Å²) in [5, 5.41) is 0. The van der Waals surface area contributed by atoms with E-state index in [0.29, 0.717) is 13.1 Å². The standard InChI is InChI=1S/C21H24BrN3O2/c22-18-7-4-8-19(13-18)27-20-15-25(16-20)21(26)24-11-9-23(10-12-24)14-17-5-2-1-3-6-17/h1-8,13,20H,9-12,14-16H2. The number of carbonyl (C=O) groups excluding carboxylic acids is 1. The first-order chi connectivity index (χ1) is 13.2. The van der Waals surface area contributed by atoms with Crippen molar-refractivity contribution in [3.05, 3.63) is 64.6 Å². The number of nitrogens with zero attached hydrogens (tertiary/aromatic N) is 3. The fourth-order valence-corrected chi connectivity index (χ4v) is 3.92. The molecule has 4 rings (SSSR count). The Bertz CT molecular complexity index is 772. The van der Waals surface area contributed by atoms with E-state index in [1.165, 1.54) is 5.56 Å². The average molecular weight is 430 g/mol. The lowest BCUT2D eigenvalue weighted by Gasteiger charge is -2.43. The van der Waals surface area contributed by atoms with Crippen LogP contribution in [-0.2, 0) is 6.54 Å². The lowest BCUT2D eigenvalue weighted by Crippen LogP contribution is -2.61. The fourth-order valence-electron chi connectivity index (χ4n) is 3.54. The number of benzene rings is 2. The molecule has 0 atom stereocenters. The molecule has 2 amide bonds. The Balaban J connectivity index is 1.20. The number of hydrogen-bond acceptors (Lipinski definition) is 3. The quantitative estimate of drug-likeness (QED) is 0.746. The number of piperazine rings is 1. The van der Waals surface area contributed by atoms with Crippen LogP contribution < -0.4 is 4.74 Å². The maximum atomic E-state index is 12.7. The highest BCUT2D eigenvalue weighted by Crippen LogP contribution is 2.23. The van der Waals surface area contributed by atoms with Crippen molar-refractivity contribution in [1.82, 2.24) is 14.7 Å². The van der Waals surface area contributed by atoms with Gasteiger partial charge in [0.15, 0.2) is 0 Å². The Morgan fingerprint density at radius 3 is 2.41 bits per heavy atom. The zero-order valence-corrected chi connectivity index (χ0v) is 16.8. The molecule has 0 aliphatic carbocycles. The second-order valence-corrected chi connectivity index (χ2v) is 8.05. The molecule has 2 aromatic rings. The van der Waals surface area contributed by atoms with Gasteiger partial charge in [-0.1, -0.05) is 52.3 Å². The fraction of sp³-hybridized carbons (Fsp3) is 0.381. The van der Waals surface area contributed by atoms with Gasteiger partial charge in [0.1, 0.15) is 11.9 Å². The van der Waals surface area contributed by atoms with Crippen molar-refractivity contribution in [3.8, 4) is 5.75 Å². The van der Waals surface area contributed by atoms with Gasteiger partial charge in [-0.2, -0.15) is 0 Å². The number of rotatable bonds is 4. The Morgan fingerprint density at radius 1 is 0.963 bits per heavy atom. The van der Waals surface area contributed by atoms with Crippen molar-refractivity contribution in [2.75, 3.05) is 39.3 Å². The normalized spacial score (nSPS) is 18.3. The van der Waals surface area contributed by atoms with Crippen molar-refractivity contribution in [2.45, 2.75) is 12.6 Å². The smallest absolute Gasteiger partial charge is 0.320 e. The predicted octanol–water partition coefficient (Wildman–Crippen LogP) is 3.45. The third-order valence-electron chi connectivity index (χ3n) is 5.11. The van der Waals surface area contributed by atoms with Crippen LogP contribution in [0.5, 0.6) is 5.75 Å². The number of hydrogen-bond donors (Lipinski definition) is 0. The van der Waals surface area contributed by atoms with Gasteiger partial charge in [0.2, 0.25) is 0 Å². The Kier molecular flexibility index (Phi) is 5.64. The van der Waals surface area contributed by atoms with Gasteiger partial charge in [0.05, 0.1) is 13.1 Å². The van der Waals surface area contributed by atoms with Gasteiger partial charge in [0.25, 0.3) is 0 Å². The van der Waals surface area contributed by atoms with Crippen LogP contribution in [0, 0.1) is 0 Å². The first-order valence-corrected chi connectivity index (χ1v) is 10.2. The molecule has 0 unspecified atom stereocenters. The molecule has 27 heavy (non-hydrogen) atoms. The molecule has 142 valence electrons. The largest absolute Gasteiger partial charge is 0.487 e. The molecule has 0 N–H and O–H groups in total. The van der Waals surface area contributed by atoms with Crippen LogP contribution in [0.3, 0.4) is 0 Å². The molecule has 2 fully saturated rings. The molecule has 0 spiro atoms. The summed E-state index contributed by atoms with van der Waals surface area (Å²) < 4.78 is 6.93. The van der Waals surface area contributed by atoms with Gasteiger partial charge in [0, 0.05) is 37.2 Å². The Labute approximate surface area is 168 Å². The van der Waals surface area contributed by atoms with E-state index in [-0.39, 0.29) is 12.1 Å². The number of carbonyl (C=O) groups is 1. The van der Waals surface area contributed by atoms with Gasteiger partial charge in [-0.3, -0.25) is 4.90 Å².